The average molecular weight is 383 g/mol. The SMILES string of the molecule is O=C1CCC2(CCCCC2)n2c1cc1cnc(NC(=O)C3CNCCO3)nc12. The van der Waals surface area contributed by atoms with Crippen LogP contribution in [-0.2, 0) is 15.1 Å². The molecule has 1 amide bonds. The Morgan fingerprint density at radius 2 is 2.14 bits per heavy atom. The van der Waals surface area contributed by atoms with Gasteiger partial charge in [0.05, 0.1) is 12.3 Å². The number of morpholine rings is 1. The van der Waals surface area contributed by atoms with E-state index in [-0.39, 0.29) is 23.2 Å². The van der Waals surface area contributed by atoms with Crippen molar-refractivity contribution in [3.05, 3.63) is 18.0 Å². The molecule has 2 aromatic heterocycles. The number of hydrogen-bond acceptors (Lipinski definition) is 6. The van der Waals surface area contributed by atoms with E-state index in [1.165, 1.54) is 19.3 Å². The Morgan fingerprint density at radius 1 is 1.29 bits per heavy atom. The van der Waals surface area contributed by atoms with Crippen LogP contribution in [0.1, 0.15) is 55.4 Å². The van der Waals surface area contributed by atoms with Crippen molar-refractivity contribution in [2.45, 2.75) is 56.6 Å². The van der Waals surface area contributed by atoms with Crippen LogP contribution in [-0.4, -0.2) is 52.0 Å². The number of carbonyl (C=O) groups is 2. The number of rotatable bonds is 2. The minimum absolute atomic E-state index is 0.0325. The zero-order valence-electron chi connectivity index (χ0n) is 15.9. The van der Waals surface area contributed by atoms with E-state index in [0.29, 0.717) is 19.6 Å². The molecule has 0 aromatic carbocycles. The molecule has 8 nitrogen and oxygen atoms in total. The molecule has 1 saturated carbocycles. The van der Waals surface area contributed by atoms with Crippen LogP contribution in [0.3, 0.4) is 0 Å². The molecule has 5 rings (SSSR count). The van der Waals surface area contributed by atoms with Crippen LogP contribution in [0.2, 0.25) is 0 Å². The summed E-state index contributed by atoms with van der Waals surface area (Å²) in [6, 6.07) is 1.91. The Morgan fingerprint density at radius 3 is 2.93 bits per heavy atom. The van der Waals surface area contributed by atoms with Gasteiger partial charge in [0.1, 0.15) is 11.8 Å². The second-order valence-corrected chi connectivity index (χ2v) is 8.10. The molecule has 4 heterocycles. The molecule has 2 N–H and O–H groups in total. The maximum atomic E-state index is 12.6. The molecule has 0 radical (unpaired) electrons. The molecule has 28 heavy (non-hydrogen) atoms. The normalized spacial score (nSPS) is 24.3. The molecule has 2 aliphatic heterocycles. The minimum atomic E-state index is -0.541. The highest BCUT2D eigenvalue weighted by Crippen LogP contribution is 2.45. The molecule has 8 heteroatoms. The lowest BCUT2D eigenvalue weighted by Crippen LogP contribution is -2.45. The summed E-state index contributed by atoms with van der Waals surface area (Å²) in [5.74, 6) is 0.179. The number of anilines is 1. The highest BCUT2D eigenvalue weighted by Gasteiger charge is 2.41. The molecule has 1 unspecified atom stereocenters. The monoisotopic (exact) mass is 383 g/mol. The van der Waals surface area contributed by atoms with Gasteiger partial charge in [-0.1, -0.05) is 19.3 Å². The fourth-order valence-electron chi connectivity index (χ4n) is 4.93. The van der Waals surface area contributed by atoms with E-state index in [1.54, 1.807) is 6.20 Å². The summed E-state index contributed by atoms with van der Waals surface area (Å²) >= 11 is 0. The van der Waals surface area contributed by atoms with E-state index in [4.69, 9.17) is 4.74 Å². The lowest BCUT2D eigenvalue weighted by Gasteiger charge is -2.42. The molecule has 1 spiro atoms. The van der Waals surface area contributed by atoms with Gasteiger partial charge in [-0.2, -0.15) is 4.98 Å². The number of fused-ring (bicyclic) bond motifs is 4. The Labute approximate surface area is 163 Å². The molecule has 2 aromatic rings. The van der Waals surface area contributed by atoms with Gasteiger partial charge in [-0.25, -0.2) is 4.98 Å². The number of nitrogens with zero attached hydrogens (tertiary/aromatic N) is 3. The van der Waals surface area contributed by atoms with Gasteiger partial charge in [0.25, 0.3) is 5.91 Å². The summed E-state index contributed by atoms with van der Waals surface area (Å²) in [4.78, 5) is 34.0. The van der Waals surface area contributed by atoms with Gasteiger partial charge >= 0.3 is 0 Å². The van der Waals surface area contributed by atoms with Gasteiger partial charge in [0, 0.05) is 36.6 Å². The highest BCUT2D eigenvalue weighted by molar-refractivity contribution is 6.01. The number of aromatic nitrogens is 3. The summed E-state index contributed by atoms with van der Waals surface area (Å²) in [6.07, 6.45) is 8.37. The molecular weight excluding hydrogens is 358 g/mol. The van der Waals surface area contributed by atoms with Crippen LogP contribution < -0.4 is 10.6 Å². The van der Waals surface area contributed by atoms with Gasteiger partial charge in [-0.3, -0.25) is 14.9 Å². The first-order valence-corrected chi connectivity index (χ1v) is 10.2. The van der Waals surface area contributed by atoms with Crippen LogP contribution in [0.25, 0.3) is 11.0 Å². The lowest BCUT2D eigenvalue weighted by molar-refractivity contribution is -0.128. The van der Waals surface area contributed by atoms with Crippen molar-refractivity contribution in [1.82, 2.24) is 19.9 Å². The summed E-state index contributed by atoms with van der Waals surface area (Å²) in [5.41, 5.74) is 1.45. The predicted octanol–water partition coefficient (Wildman–Crippen LogP) is 1.99. The maximum Gasteiger partial charge on any atom is 0.257 e. The van der Waals surface area contributed by atoms with E-state index < -0.39 is 6.10 Å². The van der Waals surface area contributed by atoms with Crippen LogP contribution >= 0.6 is 0 Å². The van der Waals surface area contributed by atoms with Gasteiger partial charge in [-0.15, -0.1) is 0 Å². The van der Waals surface area contributed by atoms with Gasteiger partial charge in [0.15, 0.2) is 5.78 Å². The number of ketones is 1. The van der Waals surface area contributed by atoms with Crippen molar-refractivity contribution >= 4 is 28.7 Å². The van der Waals surface area contributed by atoms with Crippen LogP contribution in [0, 0.1) is 0 Å². The largest absolute Gasteiger partial charge is 0.366 e. The molecule has 148 valence electrons. The smallest absolute Gasteiger partial charge is 0.257 e. The minimum Gasteiger partial charge on any atom is -0.366 e. The van der Waals surface area contributed by atoms with E-state index >= 15 is 0 Å². The van der Waals surface area contributed by atoms with E-state index in [2.05, 4.69) is 25.2 Å². The average Bonchev–Trinajstić information content (AvgIpc) is 3.13. The number of hydrogen-bond donors (Lipinski definition) is 2. The highest BCUT2D eigenvalue weighted by atomic mass is 16.5. The van der Waals surface area contributed by atoms with Crippen molar-refractivity contribution in [2.75, 3.05) is 25.0 Å². The summed E-state index contributed by atoms with van der Waals surface area (Å²) in [5, 5.41) is 6.77. The maximum absolute atomic E-state index is 12.6. The third-order valence-electron chi connectivity index (χ3n) is 6.36. The third-order valence-corrected chi connectivity index (χ3v) is 6.36. The Bertz CT molecular complexity index is 925. The van der Waals surface area contributed by atoms with E-state index in [0.717, 1.165) is 42.5 Å². The van der Waals surface area contributed by atoms with E-state index in [9.17, 15) is 9.59 Å². The lowest BCUT2D eigenvalue weighted by atomic mass is 9.75. The van der Waals surface area contributed by atoms with Crippen molar-refractivity contribution in [1.29, 1.82) is 0 Å². The first-order chi connectivity index (χ1) is 13.7. The number of Topliss-reactive ketones (excluding diaryl/α,β-unsaturated/α-hetero) is 1. The van der Waals surface area contributed by atoms with E-state index in [1.807, 2.05) is 6.07 Å². The topological polar surface area (TPSA) is 98.1 Å². The zero-order chi connectivity index (χ0) is 19.1. The Hall–Kier alpha value is -2.32. The molecule has 1 aliphatic carbocycles. The quantitative estimate of drug-likeness (QED) is 0.823. The molecular formula is C20H25N5O3. The second-order valence-electron chi connectivity index (χ2n) is 8.10. The van der Waals surface area contributed by atoms with Gasteiger partial charge in [-0.05, 0) is 25.3 Å². The standard InChI is InChI=1S/C20H25N5O3/c26-15-4-7-20(5-2-1-3-6-20)25-14(15)10-13-11-22-19(23-17(13)25)24-18(27)16-12-21-8-9-28-16/h10-11,16,21H,1-9,12H2,(H,22,23,24,27). The van der Waals surface area contributed by atoms with Crippen molar-refractivity contribution in [3.63, 3.8) is 0 Å². The molecule has 3 aliphatic rings. The van der Waals surface area contributed by atoms with Crippen molar-refractivity contribution in [2.24, 2.45) is 0 Å². The summed E-state index contributed by atoms with van der Waals surface area (Å²) in [6.45, 7) is 1.74. The zero-order valence-corrected chi connectivity index (χ0v) is 15.9. The predicted molar refractivity (Wildman–Crippen MR) is 103 cm³/mol. The molecule has 1 atom stereocenters. The second kappa shape index (κ2) is 6.93. The first kappa shape index (κ1) is 17.8. The Kier molecular flexibility index (Phi) is 4.40. The molecule has 0 bridgehead atoms. The van der Waals surface area contributed by atoms with Crippen molar-refractivity contribution < 1.29 is 14.3 Å². The van der Waals surface area contributed by atoms with Gasteiger partial charge in [0.2, 0.25) is 5.95 Å². The van der Waals surface area contributed by atoms with Crippen LogP contribution in [0.15, 0.2) is 12.3 Å². The van der Waals surface area contributed by atoms with Crippen LogP contribution in [0.4, 0.5) is 5.95 Å². The number of amides is 1. The summed E-state index contributed by atoms with van der Waals surface area (Å²) < 4.78 is 7.66. The molecule has 1 saturated heterocycles. The van der Waals surface area contributed by atoms with Crippen LogP contribution in [0.5, 0.6) is 0 Å². The number of ether oxygens (including phenoxy) is 1. The Balaban J connectivity index is 1.52. The number of nitrogens with one attached hydrogen (secondary N) is 2. The first-order valence-electron chi connectivity index (χ1n) is 10.2. The number of carbonyl (C=O) groups excluding carboxylic acids is 2. The fraction of sp³-hybridized carbons (Fsp3) is 0.600. The summed E-state index contributed by atoms with van der Waals surface area (Å²) in [7, 11) is 0. The molecule has 2 fully saturated rings. The van der Waals surface area contributed by atoms with Crippen molar-refractivity contribution in [3.8, 4) is 0 Å². The van der Waals surface area contributed by atoms with Gasteiger partial charge < -0.3 is 14.6 Å². The third kappa shape index (κ3) is 2.91. The fourth-order valence-corrected chi connectivity index (χ4v) is 4.93.